The number of H-pyrrole nitrogens is 1. The van der Waals surface area contributed by atoms with Gasteiger partial charge < -0.3 is 15.6 Å². The van der Waals surface area contributed by atoms with E-state index in [1.807, 2.05) is 0 Å². The largest absolute Gasteiger partial charge is 0.353 e. The Bertz CT molecular complexity index is 1260. The lowest BCUT2D eigenvalue weighted by Crippen LogP contribution is -2.14. The van der Waals surface area contributed by atoms with Gasteiger partial charge in [0.15, 0.2) is 21.3 Å². The van der Waals surface area contributed by atoms with Gasteiger partial charge in [-0.1, -0.05) is 0 Å². The monoisotopic (exact) mass is 439 g/mol. The van der Waals surface area contributed by atoms with Crippen LogP contribution in [0.3, 0.4) is 0 Å². The first-order chi connectivity index (χ1) is 14.1. The summed E-state index contributed by atoms with van der Waals surface area (Å²) in [6, 6.07) is 4.49. The SMILES string of the molecule is CS(=O)(=O)c1cc(F)ccc1Nc1cc(NC(=O)C2CC2)nc2nc(C(F)F)[nH]c12. The lowest BCUT2D eigenvalue weighted by atomic mass is 10.2. The van der Waals surface area contributed by atoms with E-state index in [0.717, 1.165) is 31.2 Å². The van der Waals surface area contributed by atoms with Crippen molar-refractivity contribution >= 4 is 44.1 Å². The molecule has 1 aliphatic carbocycles. The zero-order valence-electron chi connectivity index (χ0n) is 15.5. The fraction of sp³-hybridized carbons (Fsp3) is 0.278. The van der Waals surface area contributed by atoms with Crippen LogP contribution in [0.2, 0.25) is 0 Å². The van der Waals surface area contributed by atoms with Gasteiger partial charge in [-0.05, 0) is 31.0 Å². The number of imidazole rings is 1. The van der Waals surface area contributed by atoms with Crippen LogP contribution in [0, 0.1) is 11.7 Å². The molecule has 4 rings (SSSR count). The van der Waals surface area contributed by atoms with E-state index in [0.29, 0.717) is 0 Å². The molecule has 1 aromatic carbocycles. The molecule has 158 valence electrons. The molecule has 8 nitrogen and oxygen atoms in total. The van der Waals surface area contributed by atoms with Crippen molar-refractivity contribution in [3.05, 3.63) is 35.9 Å². The summed E-state index contributed by atoms with van der Waals surface area (Å²) in [6.07, 6.45) is -0.468. The van der Waals surface area contributed by atoms with Gasteiger partial charge in [0.25, 0.3) is 6.43 Å². The Kier molecular flexibility index (Phi) is 4.88. The lowest BCUT2D eigenvalue weighted by molar-refractivity contribution is -0.117. The van der Waals surface area contributed by atoms with Crippen LogP contribution in [-0.2, 0) is 14.6 Å². The van der Waals surface area contributed by atoms with Crippen LogP contribution in [0.25, 0.3) is 11.2 Å². The smallest absolute Gasteiger partial charge is 0.295 e. The summed E-state index contributed by atoms with van der Waals surface area (Å²) in [4.78, 5) is 22.0. The average molecular weight is 439 g/mol. The molecule has 1 aliphatic rings. The van der Waals surface area contributed by atoms with Gasteiger partial charge in [0, 0.05) is 18.2 Å². The summed E-state index contributed by atoms with van der Waals surface area (Å²) in [5.41, 5.74) is 0.156. The highest BCUT2D eigenvalue weighted by molar-refractivity contribution is 7.90. The van der Waals surface area contributed by atoms with Crippen molar-refractivity contribution in [1.29, 1.82) is 0 Å². The van der Waals surface area contributed by atoms with Gasteiger partial charge in [-0.2, -0.15) is 0 Å². The highest BCUT2D eigenvalue weighted by Crippen LogP contribution is 2.34. The number of hydrogen-bond acceptors (Lipinski definition) is 6. The number of carbonyl (C=O) groups excluding carboxylic acids is 1. The molecule has 1 fully saturated rings. The zero-order chi connectivity index (χ0) is 21.6. The number of nitrogens with zero attached hydrogens (tertiary/aromatic N) is 2. The fourth-order valence-corrected chi connectivity index (χ4v) is 3.74. The average Bonchev–Trinajstić information content (AvgIpc) is 3.41. The standard InChI is InChI=1S/C18H16F3N5O3S/c1-30(28,29)12-6-9(19)4-5-10(12)22-11-7-13(24-18(27)8-2-3-8)23-16-14(11)25-17(26-16)15(20)21/h4-8,15H,2-3H2,1H3,(H3,22,23,24,25,26,27). The number of alkyl halides is 2. The molecule has 3 N–H and O–H groups in total. The van der Waals surface area contributed by atoms with Crippen LogP contribution in [0.1, 0.15) is 25.1 Å². The number of pyridine rings is 1. The van der Waals surface area contributed by atoms with Gasteiger partial charge in [0.05, 0.1) is 16.3 Å². The number of amides is 1. The molecule has 0 spiro atoms. The molecule has 3 aromatic rings. The van der Waals surface area contributed by atoms with Gasteiger partial charge in [0.2, 0.25) is 5.91 Å². The molecular formula is C18H16F3N5O3S. The third kappa shape index (κ3) is 4.08. The zero-order valence-corrected chi connectivity index (χ0v) is 16.4. The van der Waals surface area contributed by atoms with Gasteiger partial charge in [-0.15, -0.1) is 0 Å². The quantitative estimate of drug-likeness (QED) is 0.541. The summed E-state index contributed by atoms with van der Waals surface area (Å²) in [7, 11) is -3.80. The van der Waals surface area contributed by atoms with E-state index in [1.165, 1.54) is 12.1 Å². The van der Waals surface area contributed by atoms with Crippen LogP contribution in [0.15, 0.2) is 29.2 Å². The number of hydrogen-bond donors (Lipinski definition) is 3. The predicted molar refractivity (Wildman–Crippen MR) is 103 cm³/mol. The number of rotatable bonds is 6. The number of carbonyl (C=O) groups is 1. The third-order valence-electron chi connectivity index (χ3n) is 4.50. The minimum absolute atomic E-state index is 0.0269. The predicted octanol–water partition coefficient (Wildman–Crippen LogP) is 3.53. The lowest BCUT2D eigenvalue weighted by Gasteiger charge is -2.13. The molecule has 0 bridgehead atoms. The molecule has 1 amide bonds. The second-order valence-corrected chi connectivity index (χ2v) is 8.96. The first-order valence-electron chi connectivity index (χ1n) is 8.88. The number of aromatic nitrogens is 3. The molecular weight excluding hydrogens is 423 g/mol. The van der Waals surface area contributed by atoms with Crippen LogP contribution < -0.4 is 10.6 Å². The first-order valence-corrected chi connectivity index (χ1v) is 10.8. The van der Waals surface area contributed by atoms with Gasteiger partial charge in [-0.25, -0.2) is 31.6 Å². The Morgan fingerprint density at radius 3 is 2.57 bits per heavy atom. The van der Waals surface area contributed by atoms with E-state index < -0.39 is 27.9 Å². The van der Waals surface area contributed by atoms with E-state index in [1.54, 1.807) is 0 Å². The van der Waals surface area contributed by atoms with Crippen molar-refractivity contribution < 1.29 is 26.4 Å². The number of aromatic amines is 1. The van der Waals surface area contributed by atoms with Crippen LogP contribution in [-0.4, -0.2) is 35.5 Å². The number of sulfone groups is 1. The molecule has 2 heterocycles. The van der Waals surface area contributed by atoms with Crippen molar-refractivity contribution in [2.75, 3.05) is 16.9 Å². The molecule has 0 radical (unpaired) electrons. The van der Waals surface area contributed by atoms with E-state index in [9.17, 15) is 26.4 Å². The normalized spacial score (nSPS) is 14.3. The number of fused-ring (bicyclic) bond motifs is 1. The van der Waals surface area contributed by atoms with E-state index in [2.05, 4.69) is 25.6 Å². The molecule has 1 saturated carbocycles. The van der Waals surface area contributed by atoms with Gasteiger partial charge in [-0.3, -0.25) is 4.79 Å². The van der Waals surface area contributed by atoms with Crippen molar-refractivity contribution in [2.45, 2.75) is 24.2 Å². The Balaban J connectivity index is 1.81. The maximum atomic E-state index is 13.6. The minimum atomic E-state index is -3.80. The van der Waals surface area contributed by atoms with Crippen LogP contribution >= 0.6 is 0 Å². The maximum absolute atomic E-state index is 13.6. The summed E-state index contributed by atoms with van der Waals surface area (Å²) < 4.78 is 63.9. The second-order valence-electron chi connectivity index (χ2n) is 6.98. The second kappa shape index (κ2) is 7.27. The number of nitrogens with one attached hydrogen (secondary N) is 3. The Hall–Kier alpha value is -3.15. The van der Waals surface area contributed by atoms with Crippen LogP contribution in [0.5, 0.6) is 0 Å². The fourth-order valence-electron chi connectivity index (χ4n) is 2.90. The molecule has 0 unspecified atom stereocenters. The molecule has 30 heavy (non-hydrogen) atoms. The van der Waals surface area contributed by atoms with Crippen molar-refractivity contribution in [3.63, 3.8) is 0 Å². The van der Waals surface area contributed by atoms with Crippen molar-refractivity contribution in [2.24, 2.45) is 5.92 Å². The van der Waals surface area contributed by atoms with Crippen LogP contribution in [0.4, 0.5) is 30.4 Å². The van der Waals surface area contributed by atoms with Gasteiger partial charge in [0.1, 0.15) is 17.2 Å². The number of anilines is 3. The van der Waals surface area contributed by atoms with E-state index in [4.69, 9.17) is 0 Å². The van der Waals surface area contributed by atoms with E-state index in [-0.39, 0.29) is 45.1 Å². The maximum Gasteiger partial charge on any atom is 0.295 e. The Labute approximate surface area is 168 Å². The topological polar surface area (TPSA) is 117 Å². The van der Waals surface area contributed by atoms with Crippen molar-refractivity contribution in [1.82, 2.24) is 15.0 Å². The van der Waals surface area contributed by atoms with Crippen molar-refractivity contribution in [3.8, 4) is 0 Å². The summed E-state index contributed by atoms with van der Waals surface area (Å²) in [5, 5.41) is 5.41. The van der Waals surface area contributed by atoms with E-state index >= 15 is 0 Å². The molecule has 12 heteroatoms. The first kappa shape index (κ1) is 20.1. The Morgan fingerprint density at radius 2 is 1.93 bits per heavy atom. The molecule has 0 atom stereocenters. The number of benzene rings is 1. The third-order valence-corrected chi connectivity index (χ3v) is 5.64. The summed E-state index contributed by atoms with van der Waals surface area (Å²) >= 11 is 0. The highest BCUT2D eigenvalue weighted by Gasteiger charge is 2.30. The van der Waals surface area contributed by atoms with Gasteiger partial charge >= 0.3 is 0 Å². The summed E-state index contributed by atoms with van der Waals surface area (Å²) in [5.74, 6) is -1.69. The molecule has 0 aliphatic heterocycles. The summed E-state index contributed by atoms with van der Waals surface area (Å²) in [6.45, 7) is 0. The minimum Gasteiger partial charge on any atom is -0.353 e. The highest BCUT2D eigenvalue weighted by atomic mass is 32.2. The molecule has 0 saturated heterocycles. The number of halogens is 3. The molecule has 2 aromatic heterocycles. The Morgan fingerprint density at radius 1 is 1.20 bits per heavy atom.